The number of aromatic carboxylic acids is 1. The molecule has 1 saturated heterocycles. The highest BCUT2D eigenvalue weighted by Crippen LogP contribution is 2.14. The van der Waals surface area contributed by atoms with Crippen molar-refractivity contribution in [1.29, 1.82) is 0 Å². The van der Waals surface area contributed by atoms with Crippen LogP contribution in [0.15, 0.2) is 41.0 Å². The van der Waals surface area contributed by atoms with Gasteiger partial charge in [0.2, 0.25) is 5.91 Å². The monoisotopic (exact) mass is 376 g/mol. The number of amides is 2. The number of piperazine rings is 1. The summed E-state index contributed by atoms with van der Waals surface area (Å²) in [5.74, 6) is -1.54. The predicted octanol–water partition coefficient (Wildman–Crippen LogP) is 2.16. The van der Waals surface area contributed by atoms with Crippen molar-refractivity contribution in [3.8, 4) is 0 Å². The van der Waals surface area contributed by atoms with Crippen LogP contribution in [0.5, 0.6) is 0 Å². The Kier molecular flexibility index (Phi) is 5.27. The van der Waals surface area contributed by atoms with Crippen molar-refractivity contribution in [3.05, 3.63) is 58.5 Å². The molecule has 8 heteroatoms. The van der Waals surface area contributed by atoms with E-state index in [9.17, 15) is 14.4 Å². The molecule has 0 radical (unpaired) electrons. The van der Waals surface area contributed by atoms with E-state index < -0.39 is 5.97 Å². The third-order valence-electron chi connectivity index (χ3n) is 4.25. The van der Waals surface area contributed by atoms with Crippen LogP contribution < -0.4 is 0 Å². The van der Waals surface area contributed by atoms with Gasteiger partial charge in [-0.3, -0.25) is 9.59 Å². The number of carboxylic acid groups (broad SMARTS) is 1. The number of hydrogen-bond donors (Lipinski definition) is 1. The molecule has 0 aliphatic carbocycles. The number of benzene rings is 1. The first-order valence-electron chi connectivity index (χ1n) is 8.07. The Bertz CT molecular complexity index is 822. The smallest absolute Gasteiger partial charge is 0.338 e. The highest BCUT2D eigenvalue weighted by Gasteiger charge is 2.27. The maximum atomic E-state index is 12.4. The number of nitrogens with zero attached hydrogens (tertiary/aromatic N) is 2. The summed E-state index contributed by atoms with van der Waals surface area (Å²) in [7, 11) is 0. The van der Waals surface area contributed by atoms with Crippen molar-refractivity contribution in [3.63, 3.8) is 0 Å². The topological polar surface area (TPSA) is 91.1 Å². The van der Waals surface area contributed by atoms with Gasteiger partial charge in [0, 0.05) is 37.3 Å². The van der Waals surface area contributed by atoms with Gasteiger partial charge in [-0.2, -0.15) is 0 Å². The van der Waals surface area contributed by atoms with Crippen molar-refractivity contribution in [1.82, 2.24) is 9.80 Å². The second-order valence-corrected chi connectivity index (χ2v) is 6.42. The minimum absolute atomic E-state index is 0.00872. The number of halogens is 1. The van der Waals surface area contributed by atoms with Gasteiger partial charge in [-0.1, -0.05) is 23.7 Å². The second-order valence-electron chi connectivity index (χ2n) is 5.98. The zero-order chi connectivity index (χ0) is 18.7. The summed E-state index contributed by atoms with van der Waals surface area (Å²) in [5, 5.41) is 9.51. The summed E-state index contributed by atoms with van der Waals surface area (Å²) in [6, 6.07) is 8.33. The molecule has 1 fully saturated rings. The van der Waals surface area contributed by atoms with Crippen molar-refractivity contribution >= 4 is 29.4 Å². The molecule has 7 nitrogen and oxygen atoms in total. The number of carboxylic acids is 1. The third-order valence-corrected chi connectivity index (χ3v) is 4.50. The van der Waals surface area contributed by atoms with Gasteiger partial charge < -0.3 is 19.3 Å². The summed E-state index contributed by atoms with van der Waals surface area (Å²) < 4.78 is 5.04. The van der Waals surface area contributed by atoms with E-state index in [0.29, 0.717) is 31.2 Å². The van der Waals surface area contributed by atoms with Crippen LogP contribution in [0.1, 0.15) is 26.5 Å². The van der Waals surface area contributed by atoms with Crippen LogP contribution in [0.4, 0.5) is 0 Å². The first-order chi connectivity index (χ1) is 12.4. The molecule has 0 unspecified atom stereocenters. The molecule has 1 aliphatic heterocycles. The van der Waals surface area contributed by atoms with E-state index in [1.54, 1.807) is 21.9 Å². The summed E-state index contributed by atoms with van der Waals surface area (Å²) in [4.78, 5) is 38.9. The Morgan fingerprint density at radius 1 is 1.04 bits per heavy atom. The van der Waals surface area contributed by atoms with E-state index in [4.69, 9.17) is 21.1 Å². The SMILES string of the molecule is O=C(O)c1coc(C(=O)N2CCN(C(=O)Cc3ccc(Cl)cc3)CC2)c1. The zero-order valence-corrected chi connectivity index (χ0v) is 14.6. The summed E-state index contributed by atoms with van der Waals surface area (Å²) in [6.07, 6.45) is 1.33. The molecule has 0 spiro atoms. The number of carbonyl (C=O) groups excluding carboxylic acids is 2. The number of rotatable bonds is 4. The predicted molar refractivity (Wildman–Crippen MR) is 93.3 cm³/mol. The van der Waals surface area contributed by atoms with Gasteiger partial charge in [-0.15, -0.1) is 0 Å². The highest BCUT2D eigenvalue weighted by molar-refractivity contribution is 6.30. The van der Waals surface area contributed by atoms with Crippen LogP contribution in [0.3, 0.4) is 0 Å². The lowest BCUT2D eigenvalue weighted by Crippen LogP contribution is -2.50. The van der Waals surface area contributed by atoms with Crippen molar-refractivity contribution in [2.24, 2.45) is 0 Å². The minimum Gasteiger partial charge on any atom is -0.478 e. The van der Waals surface area contributed by atoms with Crippen LogP contribution in [0, 0.1) is 0 Å². The standard InChI is InChI=1S/C18H17ClN2O5/c19-14-3-1-12(2-4-14)9-16(22)20-5-7-21(8-6-20)17(23)15-10-13(11-26-15)18(24)25/h1-4,10-11H,5-9H2,(H,24,25). The molecule has 1 N–H and O–H groups in total. The lowest BCUT2D eigenvalue weighted by molar-refractivity contribution is -0.131. The van der Waals surface area contributed by atoms with Crippen molar-refractivity contribution < 1.29 is 23.9 Å². The molecular formula is C18H17ClN2O5. The molecule has 1 aromatic carbocycles. The van der Waals surface area contributed by atoms with Gasteiger partial charge in [0.05, 0.1) is 12.0 Å². The van der Waals surface area contributed by atoms with E-state index in [0.717, 1.165) is 11.8 Å². The molecule has 0 bridgehead atoms. The van der Waals surface area contributed by atoms with E-state index in [1.165, 1.54) is 6.07 Å². The van der Waals surface area contributed by atoms with E-state index >= 15 is 0 Å². The Morgan fingerprint density at radius 3 is 2.23 bits per heavy atom. The van der Waals surface area contributed by atoms with E-state index in [2.05, 4.69) is 0 Å². The average molecular weight is 377 g/mol. The summed E-state index contributed by atoms with van der Waals surface area (Å²) >= 11 is 5.84. The quantitative estimate of drug-likeness (QED) is 0.882. The van der Waals surface area contributed by atoms with Gasteiger partial charge in [0.25, 0.3) is 5.91 Å². The molecule has 2 aromatic rings. The first kappa shape index (κ1) is 18.0. The summed E-state index contributed by atoms with van der Waals surface area (Å²) in [6.45, 7) is 1.58. The molecule has 0 atom stereocenters. The molecule has 2 heterocycles. The van der Waals surface area contributed by atoms with Crippen molar-refractivity contribution in [2.75, 3.05) is 26.2 Å². The molecule has 3 rings (SSSR count). The second kappa shape index (κ2) is 7.61. The Balaban J connectivity index is 1.54. The average Bonchev–Trinajstić information content (AvgIpc) is 3.13. The maximum absolute atomic E-state index is 12.4. The van der Waals surface area contributed by atoms with E-state index in [-0.39, 0.29) is 29.6 Å². The Hall–Kier alpha value is -2.80. The largest absolute Gasteiger partial charge is 0.478 e. The third kappa shape index (κ3) is 4.05. The normalized spacial score (nSPS) is 14.3. The van der Waals surface area contributed by atoms with Gasteiger partial charge in [-0.05, 0) is 17.7 Å². The van der Waals surface area contributed by atoms with Crippen LogP contribution in [-0.4, -0.2) is 58.9 Å². The van der Waals surface area contributed by atoms with Crippen LogP contribution >= 0.6 is 11.6 Å². The van der Waals surface area contributed by atoms with Gasteiger partial charge in [-0.25, -0.2) is 4.79 Å². The lowest BCUT2D eigenvalue weighted by Gasteiger charge is -2.34. The number of hydrogen-bond acceptors (Lipinski definition) is 4. The molecule has 26 heavy (non-hydrogen) atoms. The van der Waals surface area contributed by atoms with Crippen molar-refractivity contribution in [2.45, 2.75) is 6.42 Å². The van der Waals surface area contributed by atoms with Gasteiger partial charge in [0.15, 0.2) is 5.76 Å². The number of carbonyl (C=O) groups is 3. The molecule has 1 aliphatic rings. The molecular weight excluding hydrogens is 360 g/mol. The Morgan fingerprint density at radius 2 is 1.65 bits per heavy atom. The maximum Gasteiger partial charge on any atom is 0.338 e. The molecule has 136 valence electrons. The first-order valence-corrected chi connectivity index (χ1v) is 8.45. The molecule has 2 amide bonds. The van der Waals surface area contributed by atoms with Gasteiger partial charge in [0.1, 0.15) is 6.26 Å². The zero-order valence-electron chi connectivity index (χ0n) is 13.9. The fourth-order valence-electron chi connectivity index (χ4n) is 2.76. The minimum atomic E-state index is -1.15. The van der Waals surface area contributed by atoms with Crippen LogP contribution in [0.25, 0.3) is 0 Å². The molecule has 1 aromatic heterocycles. The fraction of sp³-hybridized carbons (Fsp3) is 0.278. The number of furan rings is 1. The molecule has 0 saturated carbocycles. The summed E-state index contributed by atoms with van der Waals surface area (Å²) in [5.41, 5.74) is 0.819. The lowest BCUT2D eigenvalue weighted by atomic mass is 10.1. The van der Waals surface area contributed by atoms with Gasteiger partial charge >= 0.3 is 5.97 Å². The van der Waals surface area contributed by atoms with Crippen LogP contribution in [-0.2, 0) is 11.2 Å². The highest BCUT2D eigenvalue weighted by atomic mass is 35.5. The van der Waals surface area contributed by atoms with Crippen LogP contribution in [0.2, 0.25) is 5.02 Å². The Labute approximate surface area is 154 Å². The fourth-order valence-corrected chi connectivity index (χ4v) is 2.89. The van der Waals surface area contributed by atoms with E-state index in [1.807, 2.05) is 12.1 Å².